The smallest absolute Gasteiger partial charge is 0.313 e. The molecule has 2 amide bonds. The van der Waals surface area contributed by atoms with Crippen molar-refractivity contribution in [1.82, 2.24) is 9.80 Å². The number of likely N-dealkylation sites (tertiary alicyclic amines) is 1. The van der Waals surface area contributed by atoms with E-state index in [-0.39, 0.29) is 25.0 Å². The Morgan fingerprint density at radius 3 is 2.60 bits per heavy atom. The first-order valence-corrected chi connectivity index (χ1v) is 12.5. The van der Waals surface area contributed by atoms with E-state index < -0.39 is 35.6 Å². The number of carbonyl (C=O) groups excluding carboxylic acids is 3. The van der Waals surface area contributed by atoms with E-state index in [2.05, 4.69) is 0 Å². The van der Waals surface area contributed by atoms with Crippen LogP contribution in [0.15, 0.2) is 54.6 Å². The van der Waals surface area contributed by atoms with Gasteiger partial charge >= 0.3 is 5.97 Å². The fourth-order valence-corrected chi connectivity index (χ4v) is 5.95. The van der Waals surface area contributed by atoms with Crippen LogP contribution < -0.4 is 0 Å². The van der Waals surface area contributed by atoms with Crippen LogP contribution >= 0.6 is 0 Å². The monoisotopic (exact) mass is 480 g/mol. The molecule has 0 aliphatic carbocycles. The fraction of sp³-hybridized carbons (Fsp3) is 0.519. The summed E-state index contributed by atoms with van der Waals surface area (Å²) in [4.78, 5) is 44.2. The number of hydrogen-bond acceptors (Lipinski definition) is 6. The van der Waals surface area contributed by atoms with Gasteiger partial charge in [-0.25, -0.2) is 0 Å². The van der Waals surface area contributed by atoms with Crippen molar-refractivity contribution in [3.8, 4) is 0 Å². The van der Waals surface area contributed by atoms with E-state index in [4.69, 9.17) is 14.6 Å². The maximum atomic E-state index is 14.1. The van der Waals surface area contributed by atoms with Crippen LogP contribution in [0.4, 0.5) is 0 Å². The molecule has 8 nitrogen and oxygen atoms in total. The lowest BCUT2D eigenvalue weighted by Gasteiger charge is -2.35. The molecule has 1 spiro atoms. The second-order valence-corrected chi connectivity index (χ2v) is 9.68. The zero-order valence-electron chi connectivity index (χ0n) is 19.8. The summed E-state index contributed by atoms with van der Waals surface area (Å²) in [7, 11) is 0. The van der Waals surface area contributed by atoms with Gasteiger partial charge in [-0.3, -0.25) is 14.4 Å². The number of unbranched alkanes of at least 4 members (excludes halogenated alkanes) is 3. The number of nitrogens with zero attached hydrogens (tertiary/aromatic N) is 2. The van der Waals surface area contributed by atoms with Crippen molar-refractivity contribution in [2.75, 3.05) is 26.3 Å². The quantitative estimate of drug-likeness (QED) is 0.347. The van der Waals surface area contributed by atoms with Gasteiger partial charge in [0.05, 0.1) is 12.0 Å². The van der Waals surface area contributed by atoms with Gasteiger partial charge in [0.15, 0.2) is 0 Å². The molecule has 4 heterocycles. The molecule has 186 valence electrons. The minimum absolute atomic E-state index is 0.140. The fourth-order valence-electron chi connectivity index (χ4n) is 5.95. The summed E-state index contributed by atoms with van der Waals surface area (Å²) in [6.07, 6.45) is 9.78. The second kappa shape index (κ2) is 9.95. The Morgan fingerprint density at radius 2 is 1.80 bits per heavy atom. The molecular formula is C27H32N2O6. The highest BCUT2D eigenvalue weighted by Crippen LogP contribution is 2.53. The lowest BCUT2D eigenvalue weighted by Crippen LogP contribution is -2.55. The average molecular weight is 481 g/mol. The molecule has 1 aromatic rings. The molecule has 5 rings (SSSR count). The van der Waals surface area contributed by atoms with Crippen LogP contribution in [0.3, 0.4) is 0 Å². The number of amides is 2. The van der Waals surface area contributed by atoms with Crippen LogP contribution in [0, 0.1) is 11.8 Å². The van der Waals surface area contributed by atoms with Crippen LogP contribution in [-0.4, -0.2) is 76.7 Å². The Labute approximate surface area is 205 Å². The van der Waals surface area contributed by atoms with Gasteiger partial charge in [0.2, 0.25) is 11.8 Å². The standard InChI is InChI=1S/C27H32N2O6/c30-16-7-2-1-6-15-29-23-25(32)28(18-19-10-4-3-5-11-19)14-9-13-27(23)22(24(29)31)21-20(35-27)12-8-17-34-26(21)33/h3-5,8-13,20-23,30H,1-2,6-7,14-18H2/t20-,21+,22+,23-,27?/m1/s1. The number of aliphatic hydroxyl groups excluding tert-OH is 1. The maximum absolute atomic E-state index is 14.1. The number of esters is 1. The zero-order valence-corrected chi connectivity index (χ0v) is 19.8. The highest BCUT2D eigenvalue weighted by atomic mass is 16.6. The Bertz CT molecular complexity index is 1020. The van der Waals surface area contributed by atoms with Gasteiger partial charge in [-0.1, -0.05) is 61.4 Å². The van der Waals surface area contributed by atoms with E-state index in [0.717, 1.165) is 18.4 Å². The summed E-state index contributed by atoms with van der Waals surface area (Å²) in [5.74, 6) is -2.43. The maximum Gasteiger partial charge on any atom is 0.313 e. The third-order valence-corrected chi connectivity index (χ3v) is 7.52. The molecule has 8 heteroatoms. The Kier molecular flexibility index (Phi) is 6.75. The first-order chi connectivity index (χ1) is 17.1. The largest absolute Gasteiger partial charge is 0.461 e. The zero-order chi connectivity index (χ0) is 24.4. The molecular weight excluding hydrogens is 448 g/mol. The summed E-state index contributed by atoms with van der Waals surface area (Å²) in [5.41, 5.74) is -0.202. The summed E-state index contributed by atoms with van der Waals surface area (Å²) < 4.78 is 11.9. The number of aliphatic hydroxyl groups is 1. The molecule has 0 bridgehead atoms. The van der Waals surface area contributed by atoms with Crippen LogP contribution in [0.5, 0.6) is 0 Å². The van der Waals surface area contributed by atoms with Crippen molar-refractivity contribution < 1.29 is 29.0 Å². The summed E-state index contributed by atoms with van der Waals surface area (Å²) in [5, 5.41) is 9.07. The van der Waals surface area contributed by atoms with Crippen LogP contribution in [-0.2, 0) is 30.4 Å². The number of ether oxygens (including phenoxy) is 2. The van der Waals surface area contributed by atoms with Crippen molar-refractivity contribution in [1.29, 1.82) is 0 Å². The van der Waals surface area contributed by atoms with Crippen molar-refractivity contribution in [2.45, 2.75) is 50.0 Å². The first kappa shape index (κ1) is 23.8. The number of benzene rings is 1. The highest BCUT2D eigenvalue weighted by molar-refractivity contribution is 5.99. The minimum Gasteiger partial charge on any atom is -0.461 e. The first-order valence-electron chi connectivity index (χ1n) is 12.5. The molecule has 0 aromatic heterocycles. The van der Waals surface area contributed by atoms with E-state index in [1.54, 1.807) is 22.0 Å². The third-order valence-electron chi connectivity index (χ3n) is 7.52. The minimum atomic E-state index is -1.21. The van der Waals surface area contributed by atoms with Gasteiger partial charge < -0.3 is 24.4 Å². The Balaban J connectivity index is 1.48. The lowest BCUT2D eigenvalue weighted by molar-refractivity contribution is -0.153. The number of hydrogen-bond donors (Lipinski definition) is 1. The van der Waals surface area contributed by atoms with E-state index in [1.165, 1.54) is 0 Å². The second-order valence-electron chi connectivity index (χ2n) is 9.68. The summed E-state index contributed by atoms with van der Waals surface area (Å²) >= 11 is 0. The van der Waals surface area contributed by atoms with Gasteiger partial charge in [-0.15, -0.1) is 0 Å². The van der Waals surface area contributed by atoms with Crippen molar-refractivity contribution >= 4 is 17.8 Å². The highest BCUT2D eigenvalue weighted by Gasteiger charge is 2.71. The average Bonchev–Trinajstić information content (AvgIpc) is 3.16. The molecule has 1 unspecified atom stereocenters. The van der Waals surface area contributed by atoms with Gasteiger partial charge in [-0.2, -0.15) is 0 Å². The van der Waals surface area contributed by atoms with E-state index in [9.17, 15) is 14.4 Å². The van der Waals surface area contributed by atoms with Gasteiger partial charge in [-0.05, 0) is 24.5 Å². The van der Waals surface area contributed by atoms with Gasteiger partial charge in [0.1, 0.15) is 24.2 Å². The molecule has 35 heavy (non-hydrogen) atoms. The van der Waals surface area contributed by atoms with Crippen LogP contribution in [0.2, 0.25) is 0 Å². The predicted octanol–water partition coefficient (Wildman–Crippen LogP) is 1.83. The van der Waals surface area contributed by atoms with E-state index >= 15 is 0 Å². The molecule has 2 fully saturated rings. The van der Waals surface area contributed by atoms with Crippen molar-refractivity contribution in [3.05, 3.63) is 60.2 Å². The van der Waals surface area contributed by atoms with Crippen molar-refractivity contribution in [2.24, 2.45) is 11.8 Å². The molecule has 5 atom stereocenters. The number of fused-ring (bicyclic) bond motifs is 2. The Morgan fingerprint density at radius 1 is 1.00 bits per heavy atom. The number of rotatable bonds is 8. The van der Waals surface area contributed by atoms with E-state index in [1.807, 2.05) is 42.5 Å². The third kappa shape index (κ3) is 4.19. The number of cyclic esters (lactones) is 1. The van der Waals surface area contributed by atoms with Crippen molar-refractivity contribution in [3.63, 3.8) is 0 Å². The van der Waals surface area contributed by atoms with E-state index in [0.29, 0.717) is 32.5 Å². The normalized spacial score (nSPS) is 31.6. The predicted molar refractivity (Wildman–Crippen MR) is 127 cm³/mol. The lowest BCUT2D eigenvalue weighted by atomic mass is 9.78. The SMILES string of the molecule is O=C1OCC=C[C@H]2OC34C=CCN(Cc5ccccc5)C(=O)[C@H]3N(CCCCCCO)C(=O)[C@@H]4[C@@H]12. The van der Waals surface area contributed by atoms with Gasteiger partial charge in [0, 0.05) is 26.2 Å². The molecule has 4 aliphatic rings. The summed E-state index contributed by atoms with van der Waals surface area (Å²) in [6.45, 7) is 1.52. The Hall–Kier alpha value is -2.97. The molecule has 2 saturated heterocycles. The van der Waals surface area contributed by atoms with Crippen LogP contribution in [0.1, 0.15) is 31.2 Å². The summed E-state index contributed by atoms with van der Waals surface area (Å²) in [6, 6.07) is 8.93. The topological polar surface area (TPSA) is 96.4 Å². The van der Waals surface area contributed by atoms with Crippen LogP contribution in [0.25, 0.3) is 0 Å². The molecule has 1 N–H and O–H groups in total. The number of carbonyl (C=O) groups is 3. The molecule has 4 aliphatic heterocycles. The molecule has 0 radical (unpaired) electrons. The van der Waals surface area contributed by atoms with Gasteiger partial charge in [0.25, 0.3) is 0 Å². The molecule has 0 saturated carbocycles. The molecule has 1 aromatic carbocycles.